The van der Waals surface area contributed by atoms with Crippen LogP contribution in [0.1, 0.15) is 45.7 Å². The van der Waals surface area contributed by atoms with Crippen molar-refractivity contribution in [1.29, 1.82) is 0 Å². The van der Waals surface area contributed by atoms with Gasteiger partial charge in [-0.25, -0.2) is 0 Å². The highest BCUT2D eigenvalue weighted by molar-refractivity contribution is 5.30. The average molecular weight is 221 g/mol. The lowest BCUT2D eigenvalue weighted by Crippen LogP contribution is -2.25. The first-order valence-electron chi connectivity index (χ1n) is 6.12. The first kappa shape index (κ1) is 13.0. The van der Waals surface area contributed by atoms with Crippen LogP contribution >= 0.6 is 0 Å². The highest BCUT2D eigenvalue weighted by Crippen LogP contribution is 2.19. The number of rotatable bonds is 6. The Labute approximate surface area is 99.0 Å². The Morgan fingerprint density at radius 3 is 2.62 bits per heavy atom. The monoisotopic (exact) mass is 221 g/mol. The maximum atomic E-state index is 5.62. The molecular weight excluding hydrogens is 198 g/mol. The van der Waals surface area contributed by atoms with Gasteiger partial charge in [-0.1, -0.05) is 32.9 Å². The van der Waals surface area contributed by atoms with E-state index in [4.69, 9.17) is 4.74 Å². The summed E-state index contributed by atoms with van der Waals surface area (Å²) in [6.45, 7) is 9.41. The first-order valence-corrected chi connectivity index (χ1v) is 6.12. The molecule has 1 aromatic rings. The molecule has 0 amide bonds. The zero-order chi connectivity index (χ0) is 12.0. The Bertz CT molecular complexity index is 309. The molecule has 0 fully saturated rings. The maximum Gasteiger partial charge on any atom is 0.119 e. The molecule has 16 heavy (non-hydrogen) atoms. The topological polar surface area (TPSA) is 21.3 Å². The highest BCUT2D eigenvalue weighted by Gasteiger charge is 2.07. The third kappa shape index (κ3) is 4.23. The van der Waals surface area contributed by atoms with Crippen LogP contribution in [0.5, 0.6) is 5.75 Å². The minimum absolute atomic E-state index is 0.366. The van der Waals surface area contributed by atoms with Crippen LogP contribution in [-0.4, -0.2) is 12.6 Å². The van der Waals surface area contributed by atoms with Crippen molar-refractivity contribution in [2.75, 3.05) is 6.61 Å². The van der Waals surface area contributed by atoms with Crippen LogP contribution in [-0.2, 0) is 0 Å². The molecule has 0 heterocycles. The molecule has 0 bridgehead atoms. The Morgan fingerprint density at radius 2 is 2.00 bits per heavy atom. The molecule has 1 aromatic carbocycles. The number of hydrogen-bond donors (Lipinski definition) is 1. The van der Waals surface area contributed by atoms with Gasteiger partial charge in [0.15, 0.2) is 0 Å². The van der Waals surface area contributed by atoms with Gasteiger partial charge in [-0.3, -0.25) is 0 Å². The molecule has 0 radical (unpaired) electrons. The molecule has 1 rings (SSSR count). The summed E-state index contributed by atoms with van der Waals surface area (Å²) in [6.07, 6.45) is 1.05. The Kier molecular flexibility index (Phi) is 5.33. The van der Waals surface area contributed by atoms with E-state index in [-0.39, 0.29) is 0 Å². The average Bonchev–Trinajstić information content (AvgIpc) is 2.26. The Hall–Kier alpha value is -1.02. The first-order chi connectivity index (χ1) is 7.63. The van der Waals surface area contributed by atoms with E-state index in [1.807, 2.05) is 6.07 Å². The molecule has 90 valence electrons. The lowest BCUT2D eigenvalue weighted by atomic mass is 10.1. The number of benzene rings is 1. The smallest absolute Gasteiger partial charge is 0.119 e. The van der Waals surface area contributed by atoms with Crippen molar-refractivity contribution < 1.29 is 4.74 Å². The second-order valence-electron chi connectivity index (χ2n) is 4.46. The van der Waals surface area contributed by atoms with Crippen molar-refractivity contribution in [3.8, 4) is 5.75 Å². The molecule has 0 aliphatic heterocycles. The van der Waals surface area contributed by atoms with Gasteiger partial charge in [0.1, 0.15) is 5.75 Å². The third-order valence-corrected chi connectivity index (χ3v) is 2.41. The normalized spacial score (nSPS) is 12.8. The fourth-order valence-electron chi connectivity index (χ4n) is 1.69. The summed E-state index contributed by atoms with van der Waals surface area (Å²) in [7, 11) is 0. The summed E-state index contributed by atoms with van der Waals surface area (Å²) < 4.78 is 5.62. The minimum Gasteiger partial charge on any atom is -0.494 e. The van der Waals surface area contributed by atoms with Gasteiger partial charge in [0.2, 0.25) is 0 Å². The fourth-order valence-corrected chi connectivity index (χ4v) is 1.69. The lowest BCUT2D eigenvalue weighted by Gasteiger charge is -2.18. The fraction of sp³-hybridized carbons (Fsp3) is 0.571. The van der Waals surface area contributed by atoms with Gasteiger partial charge in [0, 0.05) is 12.1 Å². The summed E-state index contributed by atoms with van der Waals surface area (Å²) in [5, 5.41) is 3.49. The Morgan fingerprint density at radius 1 is 1.25 bits per heavy atom. The van der Waals surface area contributed by atoms with E-state index in [0.717, 1.165) is 18.8 Å². The van der Waals surface area contributed by atoms with Crippen LogP contribution in [0.4, 0.5) is 0 Å². The molecule has 1 N–H and O–H groups in total. The number of ether oxygens (including phenoxy) is 1. The van der Waals surface area contributed by atoms with Gasteiger partial charge in [-0.2, -0.15) is 0 Å². The second kappa shape index (κ2) is 6.54. The molecule has 2 heteroatoms. The van der Waals surface area contributed by atoms with E-state index in [0.29, 0.717) is 12.1 Å². The van der Waals surface area contributed by atoms with E-state index in [1.54, 1.807) is 0 Å². The van der Waals surface area contributed by atoms with Gasteiger partial charge in [-0.05, 0) is 31.0 Å². The highest BCUT2D eigenvalue weighted by atomic mass is 16.5. The third-order valence-electron chi connectivity index (χ3n) is 2.41. The van der Waals surface area contributed by atoms with Crippen molar-refractivity contribution in [2.24, 2.45) is 0 Å². The zero-order valence-electron chi connectivity index (χ0n) is 10.8. The van der Waals surface area contributed by atoms with Crippen LogP contribution in [0.3, 0.4) is 0 Å². The largest absolute Gasteiger partial charge is 0.494 e. The summed E-state index contributed by atoms with van der Waals surface area (Å²) in [6, 6.07) is 9.19. The Balaban J connectivity index is 2.65. The van der Waals surface area contributed by atoms with E-state index >= 15 is 0 Å². The molecule has 2 nitrogen and oxygen atoms in total. The number of nitrogens with one attached hydrogen (secondary N) is 1. The van der Waals surface area contributed by atoms with E-state index in [2.05, 4.69) is 51.2 Å². The summed E-state index contributed by atoms with van der Waals surface area (Å²) in [5.74, 6) is 0.969. The standard InChI is InChI=1S/C14H23NO/c1-5-9-16-14-8-6-7-13(10-14)12(4)15-11(2)3/h6-8,10-12,15H,5,9H2,1-4H3. The van der Waals surface area contributed by atoms with Gasteiger partial charge < -0.3 is 10.1 Å². The zero-order valence-corrected chi connectivity index (χ0v) is 10.8. The van der Waals surface area contributed by atoms with Gasteiger partial charge in [0.25, 0.3) is 0 Å². The van der Waals surface area contributed by atoms with Crippen molar-refractivity contribution in [3.05, 3.63) is 29.8 Å². The molecule has 0 aromatic heterocycles. The van der Waals surface area contributed by atoms with Crippen LogP contribution in [0, 0.1) is 0 Å². The number of hydrogen-bond acceptors (Lipinski definition) is 2. The predicted octanol–water partition coefficient (Wildman–Crippen LogP) is 3.53. The summed E-state index contributed by atoms with van der Waals surface area (Å²) >= 11 is 0. The van der Waals surface area contributed by atoms with Crippen molar-refractivity contribution >= 4 is 0 Å². The van der Waals surface area contributed by atoms with Crippen molar-refractivity contribution in [2.45, 2.75) is 46.2 Å². The molecular formula is C14H23NO. The molecule has 0 saturated carbocycles. The molecule has 0 spiro atoms. The van der Waals surface area contributed by atoms with Crippen LogP contribution < -0.4 is 10.1 Å². The molecule has 0 aliphatic carbocycles. The van der Waals surface area contributed by atoms with Crippen molar-refractivity contribution in [3.63, 3.8) is 0 Å². The quantitative estimate of drug-likeness (QED) is 0.793. The van der Waals surface area contributed by atoms with Gasteiger partial charge in [-0.15, -0.1) is 0 Å². The maximum absolute atomic E-state index is 5.62. The minimum atomic E-state index is 0.366. The van der Waals surface area contributed by atoms with Crippen LogP contribution in [0.25, 0.3) is 0 Å². The predicted molar refractivity (Wildman–Crippen MR) is 68.9 cm³/mol. The summed E-state index contributed by atoms with van der Waals surface area (Å²) in [4.78, 5) is 0. The van der Waals surface area contributed by atoms with E-state index in [1.165, 1.54) is 5.56 Å². The van der Waals surface area contributed by atoms with Gasteiger partial charge >= 0.3 is 0 Å². The van der Waals surface area contributed by atoms with Crippen LogP contribution in [0.2, 0.25) is 0 Å². The van der Waals surface area contributed by atoms with E-state index in [9.17, 15) is 0 Å². The molecule has 0 saturated heterocycles. The van der Waals surface area contributed by atoms with Gasteiger partial charge in [0.05, 0.1) is 6.61 Å². The summed E-state index contributed by atoms with van der Waals surface area (Å²) in [5.41, 5.74) is 1.28. The van der Waals surface area contributed by atoms with Crippen molar-refractivity contribution in [1.82, 2.24) is 5.32 Å². The molecule has 0 aliphatic rings. The second-order valence-corrected chi connectivity index (χ2v) is 4.46. The van der Waals surface area contributed by atoms with E-state index < -0.39 is 0 Å². The molecule has 1 atom stereocenters. The van der Waals surface area contributed by atoms with Crippen LogP contribution in [0.15, 0.2) is 24.3 Å². The lowest BCUT2D eigenvalue weighted by molar-refractivity contribution is 0.316. The molecule has 1 unspecified atom stereocenters. The SMILES string of the molecule is CCCOc1cccc(C(C)NC(C)C)c1.